The summed E-state index contributed by atoms with van der Waals surface area (Å²) in [7, 11) is 1.73. The van der Waals surface area contributed by atoms with E-state index in [1.165, 1.54) is 0 Å². The molecule has 0 saturated carbocycles. The fraction of sp³-hybridized carbons (Fsp3) is 0.0909. The van der Waals surface area contributed by atoms with E-state index in [-0.39, 0.29) is 0 Å². The average molecular weight is 231 g/mol. The number of nitrogens with one attached hydrogen (secondary N) is 2. The number of benzene rings is 1. The number of H-pyrrole nitrogens is 1. The fourth-order valence-corrected chi connectivity index (χ4v) is 1.63. The second kappa shape index (κ2) is 3.51. The molecule has 0 aliphatic rings. The standard InChI is InChI=1S/C11H9N3O3/c1-12-10-13-8(5-16-10)6-2-3-9-7(4-6)14-11(15)17-9/h2-5H,1H3,(H,12,13)(H,14,15). The summed E-state index contributed by atoms with van der Waals surface area (Å²) in [6.45, 7) is 0. The Bertz CT molecular complexity index is 723. The van der Waals surface area contributed by atoms with Gasteiger partial charge in [-0.25, -0.2) is 4.79 Å². The van der Waals surface area contributed by atoms with E-state index in [1.807, 2.05) is 6.07 Å². The number of rotatable bonds is 2. The second-order valence-corrected chi connectivity index (χ2v) is 3.51. The first-order chi connectivity index (χ1) is 8.26. The Morgan fingerprint density at radius 3 is 3.06 bits per heavy atom. The third-order valence-corrected chi connectivity index (χ3v) is 2.43. The van der Waals surface area contributed by atoms with Crippen LogP contribution in [0.1, 0.15) is 0 Å². The Balaban J connectivity index is 2.13. The molecule has 0 fully saturated rings. The molecule has 1 aromatic carbocycles. The molecule has 2 aromatic heterocycles. The highest BCUT2D eigenvalue weighted by molar-refractivity contribution is 5.78. The molecule has 0 aliphatic heterocycles. The summed E-state index contributed by atoms with van der Waals surface area (Å²) in [5.74, 6) is -0.465. The molecule has 2 N–H and O–H groups in total. The van der Waals surface area contributed by atoms with Crippen molar-refractivity contribution < 1.29 is 8.83 Å². The highest BCUT2D eigenvalue weighted by Crippen LogP contribution is 2.23. The predicted molar refractivity (Wildman–Crippen MR) is 61.9 cm³/mol. The van der Waals surface area contributed by atoms with Gasteiger partial charge in [-0.15, -0.1) is 0 Å². The SMILES string of the molecule is CNc1nc(-c2ccc3oc(=O)[nH]c3c2)co1. The van der Waals surface area contributed by atoms with Crippen LogP contribution < -0.4 is 11.1 Å². The van der Waals surface area contributed by atoms with Crippen LogP contribution >= 0.6 is 0 Å². The topological polar surface area (TPSA) is 84.1 Å². The molecule has 86 valence electrons. The predicted octanol–water partition coefficient (Wildman–Crippen LogP) is 1.82. The van der Waals surface area contributed by atoms with Gasteiger partial charge < -0.3 is 14.2 Å². The maximum absolute atomic E-state index is 11.0. The first kappa shape index (κ1) is 9.71. The molecule has 3 rings (SSSR count). The average Bonchev–Trinajstić information content (AvgIpc) is 2.92. The Labute approximate surface area is 95.3 Å². The molecule has 0 spiro atoms. The van der Waals surface area contributed by atoms with Gasteiger partial charge in [0, 0.05) is 12.6 Å². The summed E-state index contributed by atoms with van der Waals surface area (Å²) < 4.78 is 10.1. The van der Waals surface area contributed by atoms with Crippen molar-refractivity contribution in [2.45, 2.75) is 0 Å². The van der Waals surface area contributed by atoms with E-state index in [2.05, 4.69) is 15.3 Å². The minimum atomic E-state index is -0.465. The summed E-state index contributed by atoms with van der Waals surface area (Å²) in [6.07, 6.45) is 1.55. The molecule has 0 aliphatic carbocycles. The van der Waals surface area contributed by atoms with Gasteiger partial charge >= 0.3 is 5.76 Å². The van der Waals surface area contributed by atoms with Gasteiger partial charge in [-0.3, -0.25) is 4.98 Å². The maximum atomic E-state index is 11.0. The fourth-order valence-electron chi connectivity index (χ4n) is 1.63. The number of oxazole rings is 2. The molecule has 6 nitrogen and oxygen atoms in total. The van der Waals surface area contributed by atoms with E-state index in [1.54, 1.807) is 25.4 Å². The molecule has 0 bridgehead atoms. The van der Waals surface area contributed by atoms with Crippen molar-refractivity contribution in [2.24, 2.45) is 0 Å². The van der Waals surface area contributed by atoms with Gasteiger partial charge in [0.05, 0.1) is 5.52 Å². The van der Waals surface area contributed by atoms with Crippen molar-refractivity contribution in [3.63, 3.8) is 0 Å². The van der Waals surface area contributed by atoms with Crippen molar-refractivity contribution in [3.8, 4) is 11.3 Å². The van der Waals surface area contributed by atoms with Gasteiger partial charge in [-0.2, -0.15) is 4.98 Å². The van der Waals surface area contributed by atoms with E-state index in [9.17, 15) is 4.79 Å². The lowest BCUT2D eigenvalue weighted by molar-refractivity contribution is 0.555. The van der Waals surface area contributed by atoms with E-state index < -0.39 is 5.76 Å². The normalized spacial score (nSPS) is 10.9. The lowest BCUT2D eigenvalue weighted by atomic mass is 10.1. The van der Waals surface area contributed by atoms with Crippen molar-refractivity contribution in [3.05, 3.63) is 35.0 Å². The molecule has 2 heterocycles. The van der Waals surface area contributed by atoms with Crippen LogP contribution in [0.2, 0.25) is 0 Å². The number of aromatic nitrogens is 2. The number of aromatic amines is 1. The zero-order valence-corrected chi connectivity index (χ0v) is 8.98. The molecule has 0 saturated heterocycles. The first-order valence-electron chi connectivity index (χ1n) is 5.03. The summed E-state index contributed by atoms with van der Waals surface area (Å²) in [5, 5.41) is 2.80. The number of hydrogen-bond acceptors (Lipinski definition) is 5. The highest BCUT2D eigenvalue weighted by atomic mass is 16.4. The van der Waals surface area contributed by atoms with E-state index >= 15 is 0 Å². The van der Waals surface area contributed by atoms with Crippen LogP contribution in [0.5, 0.6) is 0 Å². The first-order valence-corrected chi connectivity index (χ1v) is 5.03. The van der Waals surface area contributed by atoms with Crippen molar-refractivity contribution in [2.75, 3.05) is 12.4 Å². The third-order valence-electron chi connectivity index (χ3n) is 2.43. The van der Waals surface area contributed by atoms with Crippen LogP contribution in [0.4, 0.5) is 6.01 Å². The third kappa shape index (κ3) is 1.59. The van der Waals surface area contributed by atoms with Gasteiger partial charge in [-0.05, 0) is 18.2 Å². The Kier molecular flexibility index (Phi) is 2.01. The van der Waals surface area contributed by atoms with Crippen molar-refractivity contribution in [1.29, 1.82) is 0 Å². The summed E-state index contributed by atoms with van der Waals surface area (Å²) in [5.41, 5.74) is 2.70. The van der Waals surface area contributed by atoms with Gasteiger partial charge in [-0.1, -0.05) is 0 Å². The van der Waals surface area contributed by atoms with Gasteiger partial charge in [0.25, 0.3) is 6.01 Å². The minimum absolute atomic E-state index is 0.445. The number of anilines is 1. The Morgan fingerprint density at radius 2 is 2.29 bits per heavy atom. The lowest BCUT2D eigenvalue weighted by Crippen LogP contribution is -1.92. The van der Waals surface area contributed by atoms with Gasteiger partial charge in [0.15, 0.2) is 5.58 Å². The zero-order chi connectivity index (χ0) is 11.8. The second-order valence-electron chi connectivity index (χ2n) is 3.51. The van der Waals surface area contributed by atoms with Crippen LogP contribution in [0, 0.1) is 0 Å². The maximum Gasteiger partial charge on any atom is 0.417 e. The summed E-state index contributed by atoms with van der Waals surface area (Å²) >= 11 is 0. The van der Waals surface area contributed by atoms with Crippen molar-refractivity contribution >= 4 is 17.1 Å². The number of nitrogens with zero attached hydrogens (tertiary/aromatic N) is 1. The quantitative estimate of drug-likeness (QED) is 0.702. The lowest BCUT2D eigenvalue weighted by Gasteiger charge is -1.94. The van der Waals surface area contributed by atoms with Crippen LogP contribution in [0.15, 0.2) is 38.1 Å². The van der Waals surface area contributed by atoms with E-state index in [4.69, 9.17) is 8.83 Å². The molecule has 17 heavy (non-hydrogen) atoms. The van der Waals surface area contributed by atoms with Crippen LogP contribution in [0.3, 0.4) is 0 Å². The van der Waals surface area contributed by atoms with Gasteiger partial charge in [0.1, 0.15) is 12.0 Å². The van der Waals surface area contributed by atoms with Crippen LogP contribution in [0.25, 0.3) is 22.4 Å². The highest BCUT2D eigenvalue weighted by Gasteiger charge is 2.07. The molecule has 0 unspecified atom stereocenters. The number of fused-ring (bicyclic) bond motifs is 1. The van der Waals surface area contributed by atoms with Crippen molar-refractivity contribution in [1.82, 2.24) is 9.97 Å². The minimum Gasteiger partial charge on any atom is -0.432 e. The van der Waals surface area contributed by atoms with Crippen LogP contribution in [-0.2, 0) is 0 Å². The monoisotopic (exact) mass is 231 g/mol. The smallest absolute Gasteiger partial charge is 0.417 e. The molecule has 0 atom stereocenters. The van der Waals surface area contributed by atoms with Gasteiger partial charge in [0.2, 0.25) is 0 Å². The van der Waals surface area contributed by atoms with E-state index in [0.29, 0.717) is 22.8 Å². The molecule has 0 radical (unpaired) electrons. The Morgan fingerprint density at radius 1 is 1.41 bits per heavy atom. The van der Waals surface area contributed by atoms with E-state index in [0.717, 1.165) is 5.56 Å². The molecule has 3 aromatic rings. The summed E-state index contributed by atoms with van der Waals surface area (Å²) in [4.78, 5) is 17.8. The van der Waals surface area contributed by atoms with Crippen LogP contribution in [-0.4, -0.2) is 17.0 Å². The molecule has 6 heteroatoms. The number of hydrogen-bond donors (Lipinski definition) is 2. The largest absolute Gasteiger partial charge is 0.432 e. The Hall–Kier alpha value is -2.50. The molecule has 0 amide bonds. The molecular formula is C11H9N3O3. The summed E-state index contributed by atoms with van der Waals surface area (Å²) in [6, 6.07) is 5.77. The molecular weight excluding hydrogens is 222 g/mol. The zero-order valence-electron chi connectivity index (χ0n) is 8.98.